The molecule has 3 heteroatoms. The number of aromatic nitrogens is 2. The summed E-state index contributed by atoms with van der Waals surface area (Å²) in [6, 6.07) is 0.668. The molecule has 2 N–H and O–H groups in total. The molecular formula is C11H17N3. The van der Waals surface area contributed by atoms with E-state index in [0.717, 1.165) is 6.42 Å². The molecule has 3 rings (SSSR count). The second-order valence-corrected chi connectivity index (χ2v) is 4.46. The normalized spacial score (nSPS) is 25.6. The Morgan fingerprint density at radius 3 is 3.07 bits per heavy atom. The van der Waals surface area contributed by atoms with Gasteiger partial charge >= 0.3 is 0 Å². The minimum atomic E-state index is 0.668. The Bertz CT molecular complexity index is 302. The Labute approximate surface area is 84.3 Å². The summed E-state index contributed by atoms with van der Waals surface area (Å²) in [5.41, 5.74) is 2.73. The predicted octanol–water partition coefficient (Wildman–Crippen LogP) is 1.19. The summed E-state index contributed by atoms with van der Waals surface area (Å²) in [5, 5.41) is 3.51. The average molecular weight is 191 g/mol. The minimum absolute atomic E-state index is 0.668. The van der Waals surface area contributed by atoms with Gasteiger partial charge in [0, 0.05) is 18.2 Å². The number of hydrogen-bond acceptors (Lipinski definition) is 2. The van der Waals surface area contributed by atoms with Gasteiger partial charge in [-0.3, -0.25) is 0 Å². The van der Waals surface area contributed by atoms with Crippen LogP contribution in [0.15, 0.2) is 0 Å². The van der Waals surface area contributed by atoms with Gasteiger partial charge in [-0.1, -0.05) is 0 Å². The van der Waals surface area contributed by atoms with Crippen molar-refractivity contribution in [1.82, 2.24) is 15.3 Å². The first-order valence-corrected chi connectivity index (χ1v) is 5.72. The van der Waals surface area contributed by atoms with E-state index < -0.39 is 0 Å². The summed E-state index contributed by atoms with van der Waals surface area (Å²) in [6.07, 6.45) is 7.41. The van der Waals surface area contributed by atoms with Crippen LogP contribution in [0.5, 0.6) is 0 Å². The molecule has 2 aliphatic rings. The summed E-state index contributed by atoms with van der Waals surface area (Å²) in [7, 11) is 0. The van der Waals surface area contributed by atoms with Crippen molar-refractivity contribution < 1.29 is 0 Å². The number of H-pyrrole nitrogens is 1. The molecule has 0 bridgehead atoms. The highest BCUT2D eigenvalue weighted by atomic mass is 15.0. The molecule has 1 aliphatic heterocycles. The Kier molecular flexibility index (Phi) is 2.05. The summed E-state index contributed by atoms with van der Waals surface area (Å²) < 4.78 is 0. The maximum absolute atomic E-state index is 4.66. The Balaban J connectivity index is 1.71. The van der Waals surface area contributed by atoms with Crippen molar-refractivity contribution in [2.24, 2.45) is 0 Å². The molecule has 0 spiro atoms. The molecule has 1 unspecified atom stereocenters. The van der Waals surface area contributed by atoms with E-state index in [2.05, 4.69) is 15.3 Å². The van der Waals surface area contributed by atoms with Gasteiger partial charge < -0.3 is 10.3 Å². The number of rotatable bonds is 2. The van der Waals surface area contributed by atoms with Gasteiger partial charge in [0.2, 0.25) is 0 Å². The summed E-state index contributed by atoms with van der Waals surface area (Å²) in [5.74, 6) is 1.20. The molecule has 1 aromatic rings. The van der Waals surface area contributed by atoms with E-state index in [1.54, 1.807) is 0 Å². The largest absolute Gasteiger partial charge is 0.346 e. The number of aromatic amines is 1. The molecule has 1 aliphatic carbocycles. The van der Waals surface area contributed by atoms with Crippen molar-refractivity contribution >= 4 is 0 Å². The van der Waals surface area contributed by atoms with E-state index in [9.17, 15) is 0 Å². The second kappa shape index (κ2) is 3.39. The smallest absolute Gasteiger partial charge is 0.108 e. The molecule has 76 valence electrons. The minimum Gasteiger partial charge on any atom is -0.346 e. The fraction of sp³-hybridized carbons (Fsp3) is 0.727. The summed E-state index contributed by atoms with van der Waals surface area (Å²) in [6.45, 7) is 1.19. The Morgan fingerprint density at radius 2 is 2.29 bits per heavy atom. The monoisotopic (exact) mass is 191 g/mol. The molecular weight excluding hydrogens is 174 g/mol. The quantitative estimate of drug-likeness (QED) is 0.737. The van der Waals surface area contributed by atoms with Crippen molar-refractivity contribution in [1.29, 1.82) is 0 Å². The van der Waals surface area contributed by atoms with Crippen molar-refractivity contribution in [3.63, 3.8) is 0 Å². The van der Waals surface area contributed by atoms with E-state index in [4.69, 9.17) is 0 Å². The van der Waals surface area contributed by atoms with Crippen LogP contribution in [0.4, 0.5) is 0 Å². The zero-order valence-electron chi connectivity index (χ0n) is 8.47. The third kappa shape index (κ3) is 1.46. The van der Waals surface area contributed by atoms with Crippen LogP contribution in [0.3, 0.4) is 0 Å². The van der Waals surface area contributed by atoms with Gasteiger partial charge in [0.25, 0.3) is 0 Å². The fourth-order valence-corrected chi connectivity index (χ4v) is 2.61. The zero-order valence-corrected chi connectivity index (χ0v) is 8.47. The first-order valence-electron chi connectivity index (χ1n) is 5.72. The third-order valence-corrected chi connectivity index (χ3v) is 3.36. The molecule has 0 aromatic carbocycles. The highest BCUT2D eigenvalue weighted by Gasteiger charge is 2.19. The predicted molar refractivity (Wildman–Crippen MR) is 55.3 cm³/mol. The van der Waals surface area contributed by atoms with Crippen LogP contribution in [0.25, 0.3) is 0 Å². The first kappa shape index (κ1) is 8.48. The van der Waals surface area contributed by atoms with E-state index in [1.807, 2.05) is 0 Å². The van der Waals surface area contributed by atoms with Crippen molar-refractivity contribution in [3.05, 3.63) is 17.2 Å². The number of hydrogen-bond donors (Lipinski definition) is 2. The number of imidazole rings is 1. The lowest BCUT2D eigenvalue weighted by atomic mass is 10.1. The van der Waals surface area contributed by atoms with Crippen LogP contribution in [-0.4, -0.2) is 22.6 Å². The van der Waals surface area contributed by atoms with Crippen LogP contribution in [0.1, 0.15) is 36.5 Å². The SMILES string of the molecule is C1Cc2nc(CC3CCCN3)[nH]c2C1. The molecule has 3 nitrogen and oxygen atoms in total. The zero-order chi connectivity index (χ0) is 9.38. The summed E-state index contributed by atoms with van der Waals surface area (Å²) >= 11 is 0. The highest BCUT2D eigenvalue weighted by Crippen LogP contribution is 2.20. The molecule has 14 heavy (non-hydrogen) atoms. The first-order chi connectivity index (χ1) is 6.92. The van der Waals surface area contributed by atoms with Gasteiger partial charge in [-0.2, -0.15) is 0 Å². The third-order valence-electron chi connectivity index (χ3n) is 3.36. The number of nitrogens with zero attached hydrogens (tertiary/aromatic N) is 1. The van der Waals surface area contributed by atoms with E-state index in [-0.39, 0.29) is 0 Å². The van der Waals surface area contributed by atoms with Gasteiger partial charge in [-0.05, 0) is 38.6 Å². The number of aryl methyl sites for hydroxylation is 2. The van der Waals surface area contributed by atoms with E-state index in [0.29, 0.717) is 6.04 Å². The number of nitrogens with one attached hydrogen (secondary N) is 2. The van der Waals surface area contributed by atoms with Crippen molar-refractivity contribution in [2.75, 3.05) is 6.54 Å². The highest BCUT2D eigenvalue weighted by molar-refractivity contribution is 5.20. The van der Waals surface area contributed by atoms with E-state index >= 15 is 0 Å². The van der Waals surface area contributed by atoms with Gasteiger partial charge in [-0.25, -0.2) is 4.98 Å². The van der Waals surface area contributed by atoms with Gasteiger partial charge in [0.1, 0.15) is 5.82 Å². The van der Waals surface area contributed by atoms with Crippen LogP contribution < -0.4 is 5.32 Å². The van der Waals surface area contributed by atoms with Crippen LogP contribution in [-0.2, 0) is 19.3 Å². The van der Waals surface area contributed by atoms with Gasteiger partial charge in [0.05, 0.1) is 5.69 Å². The number of fused-ring (bicyclic) bond motifs is 1. The van der Waals surface area contributed by atoms with Gasteiger partial charge in [0.15, 0.2) is 0 Å². The standard InChI is InChI=1S/C11H17N3/c1-4-9-10(5-1)14-11(13-9)7-8-3-2-6-12-8/h8,12H,1-7H2,(H,13,14). The Morgan fingerprint density at radius 1 is 1.29 bits per heavy atom. The lowest BCUT2D eigenvalue weighted by Crippen LogP contribution is -2.24. The molecule has 2 heterocycles. The molecule has 1 fully saturated rings. The molecule has 0 saturated carbocycles. The van der Waals surface area contributed by atoms with Crippen molar-refractivity contribution in [3.8, 4) is 0 Å². The van der Waals surface area contributed by atoms with Crippen LogP contribution >= 0.6 is 0 Å². The molecule has 1 aromatic heterocycles. The molecule has 0 amide bonds. The van der Waals surface area contributed by atoms with Crippen molar-refractivity contribution in [2.45, 2.75) is 44.6 Å². The Hall–Kier alpha value is -0.830. The second-order valence-electron chi connectivity index (χ2n) is 4.46. The lowest BCUT2D eigenvalue weighted by molar-refractivity contribution is 0.586. The summed E-state index contributed by atoms with van der Waals surface area (Å²) in [4.78, 5) is 8.13. The maximum atomic E-state index is 4.66. The molecule has 0 radical (unpaired) electrons. The maximum Gasteiger partial charge on any atom is 0.108 e. The fourth-order valence-electron chi connectivity index (χ4n) is 2.61. The lowest BCUT2D eigenvalue weighted by Gasteiger charge is -2.06. The van der Waals surface area contributed by atoms with Crippen LogP contribution in [0.2, 0.25) is 0 Å². The van der Waals surface area contributed by atoms with E-state index in [1.165, 1.54) is 55.9 Å². The average Bonchev–Trinajstić information content (AvgIpc) is 2.78. The molecule has 1 saturated heterocycles. The molecule has 1 atom stereocenters. The topological polar surface area (TPSA) is 40.7 Å². The van der Waals surface area contributed by atoms with Gasteiger partial charge in [-0.15, -0.1) is 0 Å². The van der Waals surface area contributed by atoms with Crippen LogP contribution in [0, 0.1) is 0 Å².